The molecule has 0 radical (unpaired) electrons. The molecule has 122 valence electrons. The van der Waals surface area contributed by atoms with Gasteiger partial charge in [0.1, 0.15) is 0 Å². The minimum Gasteiger partial charge on any atom is -0.293 e. The molecular weight excluding hydrogens is 324 g/mol. The van der Waals surface area contributed by atoms with Crippen molar-refractivity contribution in [2.45, 2.75) is 38.0 Å². The average molecular weight is 347 g/mol. The highest BCUT2D eigenvalue weighted by molar-refractivity contribution is 8.21. The molecule has 3 rings (SSSR count). The maximum absolute atomic E-state index is 13.5. The number of hydrogen-bond acceptors (Lipinski definition) is 4. The summed E-state index contributed by atoms with van der Waals surface area (Å²) in [5.41, 5.74) is 1.51. The minimum atomic E-state index is -0.562. The molecule has 1 atom stereocenters. The molecule has 0 amide bonds. The highest BCUT2D eigenvalue weighted by Crippen LogP contribution is 2.49. The van der Waals surface area contributed by atoms with Gasteiger partial charge in [0.05, 0.1) is 15.2 Å². The molecule has 2 aliphatic rings. The summed E-state index contributed by atoms with van der Waals surface area (Å²) >= 11 is 3.01. The zero-order valence-electron chi connectivity index (χ0n) is 13.8. The van der Waals surface area contributed by atoms with Crippen molar-refractivity contribution in [3.63, 3.8) is 0 Å². The predicted octanol–water partition coefficient (Wildman–Crippen LogP) is 4.84. The topological polar surface area (TPSA) is 34.1 Å². The summed E-state index contributed by atoms with van der Waals surface area (Å²) in [6.45, 7) is 2.06. The second-order valence-corrected chi connectivity index (χ2v) is 8.35. The van der Waals surface area contributed by atoms with E-state index in [-0.39, 0.29) is 11.6 Å². The van der Waals surface area contributed by atoms with Gasteiger partial charge < -0.3 is 0 Å². The third kappa shape index (κ3) is 2.51. The van der Waals surface area contributed by atoms with Crippen LogP contribution in [0.4, 0.5) is 0 Å². The fourth-order valence-electron chi connectivity index (χ4n) is 4.14. The number of fused-ring (bicyclic) bond motifs is 1. The summed E-state index contributed by atoms with van der Waals surface area (Å²) in [6.07, 6.45) is 8.39. The molecule has 0 aliphatic heterocycles. The number of ketones is 2. The molecule has 2 aliphatic carbocycles. The van der Waals surface area contributed by atoms with Crippen LogP contribution in [-0.4, -0.2) is 24.1 Å². The first kappa shape index (κ1) is 16.8. The molecule has 1 saturated carbocycles. The fraction of sp³-hybridized carbons (Fsp3) is 0.474. The Bertz CT molecular complexity index is 680. The van der Waals surface area contributed by atoms with Gasteiger partial charge >= 0.3 is 0 Å². The first-order valence-corrected chi connectivity index (χ1v) is 10.5. The van der Waals surface area contributed by atoms with E-state index in [1.54, 1.807) is 0 Å². The average Bonchev–Trinajstić information content (AvgIpc) is 3.12. The number of carbonyl (C=O) groups is 2. The molecule has 1 unspecified atom stereocenters. The van der Waals surface area contributed by atoms with E-state index in [0.717, 1.165) is 28.2 Å². The molecular formula is C19H22O2S2. The van der Waals surface area contributed by atoms with E-state index in [1.165, 1.54) is 36.4 Å². The Morgan fingerprint density at radius 2 is 1.70 bits per heavy atom. The van der Waals surface area contributed by atoms with Crippen LogP contribution in [0.5, 0.6) is 0 Å². The Morgan fingerprint density at radius 1 is 1.09 bits per heavy atom. The van der Waals surface area contributed by atoms with E-state index in [2.05, 4.69) is 6.92 Å². The standard InChI is InChI=1S/C19H22O2S2/c1-19(12-8-4-5-9-12)14-11-7-6-10-13(14)16(20)15(17(19)21)18(22-2)23-3/h6-7,10-12H,4-5,8-9H2,1-3H3. The molecule has 0 spiro atoms. The lowest BCUT2D eigenvalue weighted by Gasteiger charge is -2.40. The predicted molar refractivity (Wildman–Crippen MR) is 99.1 cm³/mol. The molecule has 1 aromatic rings. The normalized spacial score (nSPS) is 24.9. The van der Waals surface area contributed by atoms with Crippen LogP contribution in [0.1, 0.15) is 48.5 Å². The Morgan fingerprint density at radius 3 is 2.30 bits per heavy atom. The third-order valence-corrected chi connectivity index (χ3v) is 7.55. The van der Waals surface area contributed by atoms with Crippen molar-refractivity contribution in [2.24, 2.45) is 5.92 Å². The SMILES string of the molecule is CSC(SC)=C1C(=O)c2ccccc2C(C)(C2CCCC2)C1=O. The molecule has 1 fully saturated rings. The number of benzene rings is 1. The first-order chi connectivity index (χ1) is 11.1. The van der Waals surface area contributed by atoms with E-state index < -0.39 is 5.41 Å². The third-order valence-electron chi connectivity index (χ3n) is 5.40. The molecule has 23 heavy (non-hydrogen) atoms. The molecule has 2 nitrogen and oxygen atoms in total. The number of thioether (sulfide) groups is 2. The smallest absolute Gasteiger partial charge is 0.198 e. The van der Waals surface area contributed by atoms with Gasteiger partial charge in [-0.3, -0.25) is 9.59 Å². The van der Waals surface area contributed by atoms with E-state index in [1.807, 2.05) is 36.8 Å². The Hall–Kier alpha value is -1.00. The Labute approximate surface area is 146 Å². The number of Topliss-reactive ketones (excluding diaryl/α,β-unsaturated/α-hetero) is 2. The van der Waals surface area contributed by atoms with Crippen LogP contribution in [-0.2, 0) is 10.2 Å². The first-order valence-electron chi connectivity index (χ1n) is 8.07. The van der Waals surface area contributed by atoms with Gasteiger partial charge in [-0.05, 0) is 43.8 Å². The lowest BCUT2D eigenvalue weighted by molar-refractivity contribution is -0.122. The van der Waals surface area contributed by atoms with Crippen molar-refractivity contribution in [3.05, 3.63) is 45.2 Å². The summed E-state index contributed by atoms with van der Waals surface area (Å²) < 4.78 is 0.846. The van der Waals surface area contributed by atoms with Crippen molar-refractivity contribution in [1.82, 2.24) is 0 Å². The summed E-state index contributed by atoms with van der Waals surface area (Å²) in [5, 5.41) is 0. The number of hydrogen-bond donors (Lipinski definition) is 0. The Kier molecular flexibility index (Phi) is 4.75. The van der Waals surface area contributed by atoms with Gasteiger partial charge in [0.2, 0.25) is 0 Å². The van der Waals surface area contributed by atoms with Gasteiger partial charge in [-0.2, -0.15) is 0 Å². The van der Waals surface area contributed by atoms with Crippen LogP contribution in [0.2, 0.25) is 0 Å². The van der Waals surface area contributed by atoms with Crippen LogP contribution in [0.25, 0.3) is 0 Å². The van der Waals surface area contributed by atoms with Crippen LogP contribution >= 0.6 is 23.5 Å². The Balaban J connectivity index is 2.27. The maximum Gasteiger partial charge on any atom is 0.198 e. The second-order valence-electron chi connectivity index (χ2n) is 6.46. The van der Waals surface area contributed by atoms with Crippen LogP contribution < -0.4 is 0 Å². The summed E-state index contributed by atoms with van der Waals surface area (Å²) in [5.74, 6) is 0.274. The zero-order valence-corrected chi connectivity index (χ0v) is 15.5. The number of carbonyl (C=O) groups excluding carboxylic acids is 2. The van der Waals surface area contributed by atoms with Crippen molar-refractivity contribution in [3.8, 4) is 0 Å². The van der Waals surface area contributed by atoms with Gasteiger partial charge in [-0.1, -0.05) is 37.1 Å². The lowest BCUT2D eigenvalue weighted by Crippen LogP contribution is -2.46. The molecule has 0 saturated heterocycles. The largest absolute Gasteiger partial charge is 0.293 e. The zero-order chi connectivity index (χ0) is 16.6. The van der Waals surface area contributed by atoms with Crippen LogP contribution in [0, 0.1) is 5.92 Å². The van der Waals surface area contributed by atoms with E-state index in [0.29, 0.717) is 11.5 Å². The highest BCUT2D eigenvalue weighted by atomic mass is 32.2. The van der Waals surface area contributed by atoms with E-state index in [9.17, 15) is 9.59 Å². The molecule has 0 heterocycles. The summed E-state index contributed by atoms with van der Waals surface area (Å²) in [4.78, 5) is 26.4. The van der Waals surface area contributed by atoms with Crippen molar-refractivity contribution in [2.75, 3.05) is 12.5 Å². The quantitative estimate of drug-likeness (QED) is 0.579. The van der Waals surface area contributed by atoms with Gasteiger partial charge in [0, 0.05) is 5.56 Å². The molecule has 0 bridgehead atoms. The fourth-order valence-corrected chi connectivity index (χ4v) is 5.58. The van der Waals surface area contributed by atoms with E-state index >= 15 is 0 Å². The van der Waals surface area contributed by atoms with E-state index in [4.69, 9.17) is 0 Å². The lowest BCUT2D eigenvalue weighted by atomic mass is 9.61. The molecule has 1 aromatic carbocycles. The van der Waals surface area contributed by atoms with Crippen LogP contribution in [0.15, 0.2) is 34.1 Å². The van der Waals surface area contributed by atoms with Crippen molar-refractivity contribution in [1.29, 1.82) is 0 Å². The number of rotatable bonds is 3. The molecule has 0 aromatic heterocycles. The second kappa shape index (κ2) is 6.48. The van der Waals surface area contributed by atoms with Crippen molar-refractivity contribution < 1.29 is 9.59 Å². The molecule has 4 heteroatoms. The highest BCUT2D eigenvalue weighted by Gasteiger charge is 2.51. The van der Waals surface area contributed by atoms with Crippen molar-refractivity contribution >= 4 is 35.1 Å². The summed E-state index contributed by atoms with van der Waals surface area (Å²) in [6, 6.07) is 7.72. The van der Waals surface area contributed by atoms with Gasteiger partial charge in [-0.25, -0.2) is 0 Å². The maximum atomic E-state index is 13.5. The van der Waals surface area contributed by atoms with Gasteiger partial charge in [0.25, 0.3) is 0 Å². The summed E-state index contributed by atoms with van der Waals surface area (Å²) in [7, 11) is 0. The van der Waals surface area contributed by atoms with Gasteiger partial charge in [0.15, 0.2) is 11.6 Å². The molecule has 0 N–H and O–H groups in total. The minimum absolute atomic E-state index is 0.0341. The number of allylic oxidation sites excluding steroid dienone is 1. The van der Waals surface area contributed by atoms with Crippen LogP contribution in [0.3, 0.4) is 0 Å². The monoisotopic (exact) mass is 346 g/mol. The van der Waals surface area contributed by atoms with Gasteiger partial charge in [-0.15, -0.1) is 23.5 Å².